The molecular formula is C9H19NO3. The lowest BCUT2D eigenvalue weighted by atomic mass is 10.2. The number of hydrogen-bond acceptors (Lipinski definition) is 3. The van der Waals surface area contributed by atoms with Crippen LogP contribution in [-0.4, -0.2) is 46.3 Å². The molecule has 0 bridgehead atoms. The number of likely N-dealkylation sites (tertiary alicyclic amines) is 1. The summed E-state index contributed by atoms with van der Waals surface area (Å²) >= 11 is 0. The first-order valence-corrected chi connectivity index (χ1v) is 4.71. The van der Waals surface area contributed by atoms with Gasteiger partial charge >= 0.3 is 0 Å². The Bertz CT molecular complexity index is 161. The third kappa shape index (κ3) is 3.32. The van der Waals surface area contributed by atoms with Crippen molar-refractivity contribution in [2.24, 2.45) is 0 Å². The van der Waals surface area contributed by atoms with Gasteiger partial charge in [0.2, 0.25) is 5.91 Å². The van der Waals surface area contributed by atoms with Crippen LogP contribution in [0, 0.1) is 0 Å². The van der Waals surface area contributed by atoms with Gasteiger partial charge in [0, 0.05) is 13.5 Å². The van der Waals surface area contributed by atoms with E-state index in [1.807, 2.05) is 13.8 Å². The van der Waals surface area contributed by atoms with E-state index >= 15 is 0 Å². The van der Waals surface area contributed by atoms with Gasteiger partial charge in [-0.1, -0.05) is 13.8 Å². The van der Waals surface area contributed by atoms with E-state index in [0.29, 0.717) is 13.0 Å². The summed E-state index contributed by atoms with van der Waals surface area (Å²) in [6.07, 6.45) is 0.0341. The number of carbonyl (C=O) groups excluding carboxylic acids is 1. The predicted molar refractivity (Wildman–Crippen MR) is 50.2 cm³/mol. The second-order valence-electron chi connectivity index (χ2n) is 2.90. The highest BCUT2D eigenvalue weighted by Gasteiger charge is 2.31. The van der Waals surface area contributed by atoms with Gasteiger partial charge in [-0.3, -0.25) is 4.79 Å². The van der Waals surface area contributed by atoms with Gasteiger partial charge in [0.25, 0.3) is 0 Å². The number of amides is 1. The molecule has 1 amide bonds. The van der Waals surface area contributed by atoms with Gasteiger partial charge in [0.05, 0.1) is 18.8 Å². The number of β-amino-alcohol motifs (C(OH)–C–C–N with tert-alkyl or cyclic N) is 1. The zero-order valence-electron chi connectivity index (χ0n) is 8.53. The van der Waals surface area contributed by atoms with E-state index in [0.717, 1.165) is 0 Å². The molecule has 2 atom stereocenters. The minimum Gasteiger partial charge on any atom is -0.394 e. The summed E-state index contributed by atoms with van der Waals surface area (Å²) in [7, 11) is 0. The summed E-state index contributed by atoms with van der Waals surface area (Å²) in [6, 6.07) is -0.178. The fraction of sp³-hybridized carbons (Fsp3) is 0.889. The second-order valence-corrected chi connectivity index (χ2v) is 2.90. The van der Waals surface area contributed by atoms with Gasteiger partial charge in [-0.2, -0.15) is 0 Å². The van der Waals surface area contributed by atoms with Crippen molar-refractivity contribution in [3.63, 3.8) is 0 Å². The lowest BCUT2D eigenvalue weighted by molar-refractivity contribution is -0.130. The van der Waals surface area contributed by atoms with E-state index in [1.165, 1.54) is 11.8 Å². The molecule has 0 aromatic heterocycles. The van der Waals surface area contributed by atoms with Crippen molar-refractivity contribution in [2.45, 2.75) is 39.3 Å². The first-order valence-electron chi connectivity index (χ1n) is 4.71. The van der Waals surface area contributed by atoms with Crippen LogP contribution < -0.4 is 0 Å². The average molecular weight is 189 g/mol. The van der Waals surface area contributed by atoms with Crippen LogP contribution in [0.3, 0.4) is 0 Å². The van der Waals surface area contributed by atoms with Gasteiger partial charge in [-0.25, -0.2) is 0 Å². The Morgan fingerprint density at radius 2 is 2.08 bits per heavy atom. The molecule has 4 heteroatoms. The average Bonchev–Trinajstić information content (AvgIpc) is 2.50. The number of hydrogen-bond donors (Lipinski definition) is 2. The Kier molecular flexibility index (Phi) is 5.66. The van der Waals surface area contributed by atoms with E-state index in [1.54, 1.807) is 0 Å². The molecular weight excluding hydrogens is 170 g/mol. The maximum atomic E-state index is 10.9. The molecule has 2 unspecified atom stereocenters. The summed E-state index contributed by atoms with van der Waals surface area (Å²) in [6.45, 7) is 5.75. The van der Waals surface area contributed by atoms with Gasteiger partial charge in [-0.05, 0) is 6.42 Å². The molecule has 2 N–H and O–H groups in total. The zero-order valence-corrected chi connectivity index (χ0v) is 8.53. The van der Waals surface area contributed by atoms with Gasteiger partial charge < -0.3 is 15.1 Å². The third-order valence-corrected chi connectivity index (χ3v) is 2.01. The molecule has 1 fully saturated rings. The smallest absolute Gasteiger partial charge is 0.219 e. The molecule has 1 aliphatic rings. The van der Waals surface area contributed by atoms with Gasteiger partial charge in [-0.15, -0.1) is 0 Å². The van der Waals surface area contributed by atoms with Crippen molar-refractivity contribution in [1.82, 2.24) is 4.90 Å². The summed E-state index contributed by atoms with van der Waals surface area (Å²) in [5.41, 5.74) is 0. The molecule has 0 aromatic rings. The number of nitrogens with zero attached hydrogens (tertiary/aromatic N) is 1. The summed E-state index contributed by atoms with van der Waals surface area (Å²) in [4.78, 5) is 12.4. The fourth-order valence-electron chi connectivity index (χ4n) is 1.45. The van der Waals surface area contributed by atoms with Crippen molar-refractivity contribution < 1.29 is 15.0 Å². The van der Waals surface area contributed by atoms with E-state index in [9.17, 15) is 4.79 Å². The predicted octanol–water partition coefficient (Wildman–Crippen LogP) is -0.0134. The van der Waals surface area contributed by atoms with Gasteiger partial charge in [0.15, 0.2) is 0 Å². The first-order chi connectivity index (χ1) is 6.15. The Labute approximate surface area is 79.2 Å². The Hall–Kier alpha value is -0.610. The normalized spacial score (nSPS) is 26.7. The number of rotatable bonds is 1. The van der Waals surface area contributed by atoms with Crippen LogP contribution in [0.4, 0.5) is 0 Å². The summed E-state index contributed by atoms with van der Waals surface area (Å²) in [5, 5.41) is 17.9. The van der Waals surface area contributed by atoms with Crippen molar-refractivity contribution in [3.05, 3.63) is 0 Å². The Balaban J connectivity index is 0.000000671. The molecule has 4 nitrogen and oxygen atoms in total. The molecule has 1 heterocycles. The zero-order chi connectivity index (χ0) is 10.4. The number of carbonyl (C=O) groups is 1. The molecule has 1 aliphatic heterocycles. The minimum atomic E-state index is -0.462. The Morgan fingerprint density at radius 1 is 1.54 bits per heavy atom. The second kappa shape index (κ2) is 5.94. The van der Waals surface area contributed by atoms with Crippen molar-refractivity contribution in [2.75, 3.05) is 13.2 Å². The molecule has 1 rings (SSSR count). The van der Waals surface area contributed by atoms with Crippen LogP contribution in [0.1, 0.15) is 27.2 Å². The van der Waals surface area contributed by atoms with E-state index in [-0.39, 0.29) is 18.6 Å². The van der Waals surface area contributed by atoms with Gasteiger partial charge in [0.1, 0.15) is 0 Å². The maximum absolute atomic E-state index is 10.9. The van der Waals surface area contributed by atoms with Crippen LogP contribution in [0.15, 0.2) is 0 Å². The molecule has 0 aliphatic carbocycles. The topological polar surface area (TPSA) is 60.8 Å². The highest BCUT2D eigenvalue weighted by molar-refractivity contribution is 5.74. The van der Waals surface area contributed by atoms with Crippen LogP contribution >= 0.6 is 0 Å². The monoisotopic (exact) mass is 189 g/mol. The number of aliphatic hydroxyl groups excluding tert-OH is 2. The van der Waals surface area contributed by atoms with E-state index < -0.39 is 6.10 Å². The van der Waals surface area contributed by atoms with Crippen molar-refractivity contribution >= 4 is 5.91 Å². The lowest BCUT2D eigenvalue weighted by Crippen LogP contribution is -2.36. The van der Waals surface area contributed by atoms with E-state index in [2.05, 4.69) is 0 Å². The third-order valence-electron chi connectivity index (χ3n) is 2.01. The van der Waals surface area contributed by atoms with Crippen molar-refractivity contribution in [3.8, 4) is 0 Å². The maximum Gasteiger partial charge on any atom is 0.219 e. The highest BCUT2D eigenvalue weighted by Crippen LogP contribution is 2.16. The van der Waals surface area contributed by atoms with Crippen LogP contribution in [-0.2, 0) is 4.79 Å². The first kappa shape index (κ1) is 12.4. The summed E-state index contributed by atoms with van der Waals surface area (Å²) < 4.78 is 0. The SMILES string of the molecule is CC.CC(=O)N1CC(O)CC1CO. The van der Waals surface area contributed by atoms with Crippen LogP contribution in [0.25, 0.3) is 0 Å². The molecule has 0 saturated carbocycles. The van der Waals surface area contributed by atoms with Crippen LogP contribution in [0.5, 0.6) is 0 Å². The molecule has 13 heavy (non-hydrogen) atoms. The lowest BCUT2D eigenvalue weighted by Gasteiger charge is -2.20. The van der Waals surface area contributed by atoms with E-state index in [4.69, 9.17) is 10.2 Å². The quantitative estimate of drug-likeness (QED) is 0.609. The largest absolute Gasteiger partial charge is 0.394 e. The Morgan fingerprint density at radius 3 is 2.38 bits per heavy atom. The molecule has 0 radical (unpaired) electrons. The van der Waals surface area contributed by atoms with Crippen molar-refractivity contribution in [1.29, 1.82) is 0 Å². The minimum absolute atomic E-state index is 0.0589. The van der Waals surface area contributed by atoms with Crippen LogP contribution in [0.2, 0.25) is 0 Å². The number of aliphatic hydroxyl groups is 2. The molecule has 0 spiro atoms. The highest BCUT2D eigenvalue weighted by atomic mass is 16.3. The molecule has 0 aromatic carbocycles. The fourth-order valence-corrected chi connectivity index (χ4v) is 1.45. The molecule has 78 valence electrons. The molecule has 1 saturated heterocycles. The standard InChI is InChI=1S/C7H13NO3.C2H6/c1-5(10)8-3-7(11)2-6(8)4-9;1-2/h6-7,9,11H,2-4H2,1H3;1-2H3. The summed E-state index contributed by atoms with van der Waals surface area (Å²) in [5.74, 6) is -0.0828.